The van der Waals surface area contributed by atoms with Crippen LogP contribution in [0, 0.1) is 10.1 Å². The molecule has 11 nitrogen and oxygen atoms in total. The number of nitrogens with one attached hydrogen (secondary N) is 2. The first-order chi connectivity index (χ1) is 16.4. The molecular formula is C23H18N4O7. The molecule has 3 aromatic rings. The molecule has 2 heterocycles. The van der Waals surface area contributed by atoms with Gasteiger partial charge in [0.15, 0.2) is 0 Å². The lowest BCUT2D eigenvalue weighted by atomic mass is 10.1. The summed E-state index contributed by atoms with van der Waals surface area (Å²) in [5.74, 6) is -0.461. The highest BCUT2D eigenvalue weighted by atomic mass is 16.6. The molecule has 0 spiro atoms. The fraction of sp³-hybridized carbons (Fsp3) is 0.0870. The van der Waals surface area contributed by atoms with Crippen LogP contribution < -0.4 is 15.4 Å². The van der Waals surface area contributed by atoms with E-state index in [1.165, 1.54) is 31.4 Å². The molecule has 11 heteroatoms. The number of urea groups is 1. The molecule has 1 fully saturated rings. The van der Waals surface area contributed by atoms with Crippen LogP contribution >= 0.6 is 0 Å². The standard InChI is InChI=1S/C23H18N4O7/c1-33-20-9-5-3-7-16(20)24-21(28)13-26-22(29)17(25-23(26)30)12-14-10-11-19(34-14)15-6-2-4-8-18(15)27(31)32/h2-12H,13H2,1H3,(H,24,28)(H,25,30)/b17-12-. The molecule has 0 saturated carbocycles. The highest BCUT2D eigenvalue weighted by Crippen LogP contribution is 2.31. The van der Waals surface area contributed by atoms with Gasteiger partial charge in [0.1, 0.15) is 29.5 Å². The highest BCUT2D eigenvalue weighted by molar-refractivity contribution is 6.15. The van der Waals surface area contributed by atoms with E-state index in [2.05, 4.69) is 10.6 Å². The Kier molecular flexibility index (Phi) is 6.08. The monoisotopic (exact) mass is 462 g/mol. The van der Waals surface area contributed by atoms with Gasteiger partial charge in [-0.2, -0.15) is 0 Å². The Labute approximate surface area is 192 Å². The minimum Gasteiger partial charge on any atom is -0.495 e. The Morgan fingerprint density at radius 1 is 1.15 bits per heavy atom. The third-order valence-electron chi connectivity index (χ3n) is 4.92. The normalized spacial score (nSPS) is 14.3. The first-order valence-corrected chi connectivity index (χ1v) is 9.98. The van der Waals surface area contributed by atoms with E-state index in [1.54, 1.807) is 42.5 Å². The van der Waals surface area contributed by atoms with Gasteiger partial charge in [-0.25, -0.2) is 9.69 Å². The van der Waals surface area contributed by atoms with Crippen LogP contribution in [0.4, 0.5) is 16.2 Å². The summed E-state index contributed by atoms with van der Waals surface area (Å²) < 4.78 is 10.8. The summed E-state index contributed by atoms with van der Waals surface area (Å²) in [7, 11) is 1.45. The van der Waals surface area contributed by atoms with Gasteiger partial charge in [-0.1, -0.05) is 24.3 Å². The summed E-state index contributed by atoms with van der Waals surface area (Å²) in [5, 5.41) is 16.2. The average molecular weight is 462 g/mol. The van der Waals surface area contributed by atoms with Crippen molar-refractivity contribution in [3.05, 3.63) is 82.2 Å². The maximum absolute atomic E-state index is 12.7. The Morgan fingerprint density at radius 2 is 1.88 bits per heavy atom. The summed E-state index contributed by atoms with van der Waals surface area (Å²) in [6, 6.07) is 15.1. The molecule has 4 rings (SSSR count). The van der Waals surface area contributed by atoms with Gasteiger partial charge in [0.05, 0.1) is 23.3 Å². The van der Waals surface area contributed by atoms with Crippen LogP contribution in [-0.4, -0.2) is 41.3 Å². The van der Waals surface area contributed by atoms with Crippen LogP contribution in [0.15, 0.2) is 70.8 Å². The quantitative estimate of drug-likeness (QED) is 0.237. The summed E-state index contributed by atoms with van der Waals surface area (Å²) in [5.41, 5.74) is 0.441. The molecule has 1 aliphatic rings. The molecule has 0 bridgehead atoms. The van der Waals surface area contributed by atoms with Crippen LogP contribution in [0.2, 0.25) is 0 Å². The second-order valence-corrected chi connectivity index (χ2v) is 7.10. The molecule has 4 amide bonds. The van der Waals surface area contributed by atoms with Crippen molar-refractivity contribution in [2.24, 2.45) is 0 Å². The van der Waals surface area contributed by atoms with Crippen molar-refractivity contribution >= 4 is 35.3 Å². The number of rotatable bonds is 7. The number of methoxy groups -OCH3 is 1. The maximum atomic E-state index is 12.7. The summed E-state index contributed by atoms with van der Waals surface area (Å²) in [6.07, 6.45) is 1.29. The van der Waals surface area contributed by atoms with E-state index in [0.29, 0.717) is 11.4 Å². The number of hydrogen-bond donors (Lipinski definition) is 2. The zero-order valence-electron chi connectivity index (χ0n) is 17.8. The van der Waals surface area contributed by atoms with Crippen molar-refractivity contribution in [2.45, 2.75) is 0 Å². The van der Waals surface area contributed by atoms with E-state index in [9.17, 15) is 24.5 Å². The Morgan fingerprint density at radius 3 is 2.65 bits per heavy atom. The second kappa shape index (κ2) is 9.28. The molecular weight excluding hydrogens is 444 g/mol. The molecule has 172 valence electrons. The highest BCUT2D eigenvalue weighted by Gasteiger charge is 2.35. The molecule has 2 aromatic carbocycles. The minimum atomic E-state index is -0.767. The molecule has 1 saturated heterocycles. The second-order valence-electron chi connectivity index (χ2n) is 7.10. The lowest BCUT2D eigenvalue weighted by Gasteiger charge is -2.13. The molecule has 1 aromatic heterocycles. The first kappa shape index (κ1) is 22.3. The maximum Gasteiger partial charge on any atom is 0.329 e. The van der Waals surface area contributed by atoms with E-state index < -0.39 is 29.3 Å². The minimum absolute atomic E-state index is 0.0986. The van der Waals surface area contributed by atoms with Crippen LogP contribution in [0.3, 0.4) is 0 Å². The third kappa shape index (κ3) is 4.48. The zero-order chi connectivity index (χ0) is 24.2. The number of nitro groups is 1. The van der Waals surface area contributed by atoms with Crippen LogP contribution in [0.5, 0.6) is 5.75 Å². The molecule has 0 atom stereocenters. The Hall–Kier alpha value is -4.93. The number of hydrogen-bond acceptors (Lipinski definition) is 7. The number of carbonyl (C=O) groups is 3. The molecule has 2 N–H and O–H groups in total. The Balaban J connectivity index is 1.48. The smallest absolute Gasteiger partial charge is 0.329 e. The fourth-order valence-corrected chi connectivity index (χ4v) is 3.36. The van der Waals surface area contributed by atoms with Gasteiger partial charge in [-0.05, 0) is 30.3 Å². The number of para-hydroxylation sites is 3. The van der Waals surface area contributed by atoms with Gasteiger partial charge in [-0.3, -0.25) is 19.7 Å². The van der Waals surface area contributed by atoms with Crippen LogP contribution in [0.25, 0.3) is 17.4 Å². The third-order valence-corrected chi connectivity index (χ3v) is 4.92. The number of furan rings is 1. The number of nitro benzene ring substituents is 1. The number of imide groups is 1. The van der Waals surface area contributed by atoms with Crippen molar-refractivity contribution < 1.29 is 28.5 Å². The van der Waals surface area contributed by atoms with E-state index in [1.807, 2.05) is 0 Å². The molecule has 0 radical (unpaired) electrons. The van der Waals surface area contributed by atoms with E-state index in [-0.39, 0.29) is 28.5 Å². The SMILES string of the molecule is COc1ccccc1NC(=O)CN1C(=O)N/C(=C\c2ccc(-c3ccccc3[N+](=O)[O-])o2)C1=O. The first-order valence-electron chi connectivity index (χ1n) is 9.98. The van der Waals surface area contributed by atoms with E-state index in [0.717, 1.165) is 4.90 Å². The van der Waals surface area contributed by atoms with Crippen molar-refractivity contribution in [3.63, 3.8) is 0 Å². The lowest BCUT2D eigenvalue weighted by Crippen LogP contribution is -2.38. The number of nitrogens with zero attached hydrogens (tertiary/aromatic N) is 2. The lowest BCUT2D eigenvalue weighted by molar-refractivity contribution is -0.384. The predicted molar refractivity (Wildman–Crippen MR) is 121 cm³/mol. The van der Waals surface area contributed by atoms with Crippen molar-refractivity contribution in [1.29, 1.82) is 0 Å². The molecule has 1 aliphatic heterocycles. The van der Waals surface area contributed by atoms with E-state index in [4.69, 9.17) is 9.15 Å². The number of anilines is 1. The van der Waals surface area contributed by atoms with Crippen molar-refractivity contribution in [3.8, 4) is 17.1 Å². The summed E-state index contributed by atoms with van der Waals surface area (Å²) in [6.45, 7) is -0.514. The number of ether oxygens (including phenoxy) is 1. The largest absolute Gasteiger partial charge is 0.495 e. The van der Waals surface area contributed by atoms with Gasteiger partial charge in [0.25, 0.3) is 11.6 Å². The predicted octanol–water partition coefficient (Wildman–Crippen LogP) is 3.39. The van der Waals surface area contributed by atoms with Gasteiger partial charge in [-0.15, -0.1) is 0 Å². The van der Waals surface area contributed by atoms with Crippen LogP contribution in [-0.2, 0) is 9.59 Å². The molecule has 34 heavy (non-hydrogen) atoms. The van der Waals surface area contributed by atoms with Crippen LogP contribution in [0.1, 0.15) is 5.76 Å². The summed E-state index contributed by atoms with van der Waals surface area (Å²) in [4.78, 5) is 48.9. The molecule has 0 aliphatic carbocycles. The molecule has 0 unspecified atom stereocenters. The zero-order valence-corrected chi connectivity index (χ0v) is 17.8. The van der Waals surface area contributed by atoms with Gasteiger partial charge < -0.3 is 19.8 Å². The van der Waals surface area contributed by atoms with E-state index >= 15 is 0 Å². The topological polar surface area (TPSA) is 144 Å². The fourth-order valence-electron chi connectivity index (χ4n) is 3.36. The number of amides is 4. The van der Waals surface area contributed by atoms with Gasteiger partial charge in [0, 0.05) is 12.1 Å². The Bertz CT molecular complexity index is 1330. The summed E-state index contributed by atoms with van der Waals surface area (Å²) >= 11 is 0. The van der Waals surface area contributed by atoms with Gasteiger partial charge in [0.2, 0.25) is 5.91 Å². The number of benzene rings is 2. The average Bonchev–Trinajstić information content (AvgIpc) is 3.39. The van der Waals surface area contributed by atoms with Gasteiger partial charge >= 0.3 is 6.03 Å². The number of carbonyl (C=O) groups excluding carboxylic acids is 3. The van der Waals surface area contributed by atoms with Crippen molar-refractivity contribution in [2.75, 3.05) is 19.0 Å². The van der Waals surface area contributed by atoms with Crippen molar-refractivity contribution in [1.82, 2.24) is 10.2 Å².